The molecular weight excluding hydrogens is 352 g/mol. The Morgan fingerprint density at radius 2 is 1.79 bits per heavy atom. The Morgan fingerprint density at radius 3 is 2.61 bits per heavy atom. The van der Waals surface area contributed by atoms with Gasteiger partial charge in [0, 0.05) is 25.8 Å². The van der Waals surface area contributed by atoms with Crippen LogP contribution in [-0.2, 0) is 21.4 Å². The summed E-state index contributed by atoms with van der Waals surface area (Å²) in [5.74, 6) is 1.06. The highest BCUT2D eigenvalue weighted by Gasteiger charge is 2.51. The Bertz CT molecular complexity index is 946. The molecule has 2 amide bonds. The lowest BCUT2D eigenvalue weighted by Gasteiger charge is -2.40. The van der Waals surface area contributed by atoms with E-state index in [2.05, 4.69) is 6.07 Å². The van der Waals surface area contributed by atoms with E-state index in [1.165, 1.54) is 0 Å². The van der Waals surface area contributed by atoms with Crippen LogP contribution in [0.25, 0.3) is 0 Å². The van der Waals surface area contributed by atoms with Crippen LogP contribution in [0.5, 0.6) is 5.75 Å². The molecule has 0 N–H and O–H groups in total. The lowest BCUT2D eigenvalue weighted by molar-refractivity contribution is -0.140. The number of anilines is 1. The third-order valence-corrected chi connectivity index (χ3v) is 6.65. The van der Waals surface area contributed by atoms with E-state index in [0.717, 1.165) is 29.0 Å². The molecule has 1 atom stereocenters. The van der Waals surface area contributed by atoms with E-state index in [0.29, 0.717) is 32.5 Å². The molecule has 0 radical (unpaired) electrons. The second kappa shape index (κ2) is 6.36. The lowest BCUT2D eigenvalue weighted by Crippen LogP contribution is -2.51. The summed E-state index contributed by atoms with van der Waals surface area (Å²) in [6.45, 7) is 1.66. The number of hydrogen-bond acceptors (Lipinski definition) is 3. The molecule has 28 heavy (non-hydrogen) atoms. The number of benzene rings is 2. The second-order valence-corrected chi connectivity index (χ2v) is 8.11. The third-order valence-electron chi connectivity index (χ3n) is 6.65. The van der Waals surface area contributed by atoms with Crippen molar-refractivity contribution in [3.63, 3.8) is 0 Å². The summed E-state index contributed by atoms with van der Waals surface area (Å²) in [5.41, 5.74) is 2.74. The number of likely N-dealkylation sites (tertiary alicyclic amines) is 1. The van der Waals surface area contributed by atoms with Crippen molar-refractivity contribution < 1.29 is 14.3 Å². The average molecular weight is 376 g/mol. The molecule has 3 aliphatic rings. The summed E-state index contributed by atoms with van der Waals surface area (Å²) in [5, 5.41) is 0. The molecule has 5 nitrogen and oxygen atoms in total. The minimum absolute atomic E-state index is 0.141. The van der Waals surface area contributed by atoms with E-state index in [9.17, 15) is 9.59 Å². The monoisotopic (exact) mass is 376 g/mol. The zero-order valence-corrected chi connectivity index (χ0v) is 16.1. The number of hydrogen-bond donors (Lipinski definition) is 0. The predicted octanol–water partition coefficient (Wildman–Crippen LogP) is 2.77. The van der Waals surface area contributed by atoms with Gasteiger partial charge in [0.15, 0.2) is 0 Å². The summed E-state index contributed by atoms with van der Waals surface area (Å²) in [7, 11) is 1.85. The van der Waals surface area contributed by atoms with Crippen LogP contribution in [0.3, 0.4) is 0 Å². The van der Waals surface area contributed by atoms with Crippen molar-refractivity contribution in [2.75, 3.05) is 31.6 Å². The number of ether oxygens (including phenoxy) is 1. The number of para-hydroxylation sites is 2. The van der Waals surface area contributed by atoms with Gasteiger partial charge in [-0.2, -0.15) is 0 Å². The van der Waals surface area contributed by atoms with Crippen LogP contribution in [0.2, 0.25) is 0 Å². The zero-order valence-electron chi connectivity index (χ0n) is 16.1. The van der Waals surface area contributed by atoms with E-state index in [4.69, 9.17) is 4.74 Å². The van der Waals surface area contributed by atoms with Crippen molar-refractivity contribution in [3.05, 3.63) is 59.7 Å². The zero-order chi connectivity index (χ0) is 19.3. The number of rotatable bonds is 1. The number of carbonyl (C=O) groups is 2. The van der Waals surface area contributed by atoms with Crippen molar-refractivity contribution in [3.8, 4) is 5.75 Å². The molecule has 144 valence electrons. The van der Waals surface area contributed by atoms with Gasteiger partial charge in [0.05, 0.1) is 11.3 Å². The molecule has 1 unspecified atom stereocenters. The van der Waals surface area contributed by atoms with Gasteiger partial charge < -0.3 is 14.5 Å². The van der Waals surface area contributed by atoms with E-state index in [-0.39, 0.29) is 17.7 Å². The third kappa shape index (κ3) is 2.45. The van der Waals surface area contributed by atoms with Gasteiger partial charge in [0.25, 0.3) is 0 Å². The molecule has 1 fully saturated rings. The Hall–Kier alpha value is -2.82. The van der Waals surface area contributed by atoms with Gasteiger partial charge in [-0.25, -0.2) is 0 Å². The standard InChI is InChI=1S/C23H24N2O3/c1-24-19-8-4-3-7-18(19)23(22(24)27)10-12-25(13-11-23)21(26)17-14-16-6-2-5-9-20(16)28-15-17/h2-9,17H,10-15H2,1H3. The quantitative estimate of drug-likeness (QED) is 0.769. The SMILES string of the molecule is CN1C(=O)C2(CCN(C(=O)C3COc4ccccc4C3)CC2)c2ccccc21. The summed E-state index contributed by atoms with van der Waals surface area (Å²) in [4.78, 5) is 29.9. The minimum Gasteiger partial charge on any atom is -0.492 e. The summed E-state index contributed by atoms with van der Waals surface area (Å²) < 4.78 is 5.81. The van der Waals surface area contributed by atoms with Crippen LogP contribution < -0.4 is 9.64 Å². The molecular formula is C23H24N2O3. The van der Waals surface area contributed by atoms with Crippen molar-refractivity contribution in [2.45, 2.75) is 24.7 Å². The van der Waals surface area contributed by atoms with E-state index >= 15 is 0 Å². The fraction of sp³-hybridized carbons (Fsp3) is 0.391. The number of nitrogens with zero attached hydrogens (tertiary/aromatic N) is 2. The molecule has 1 saturated heterocycles. The molecule has 5 rings (SSSR count). The lowest BCUT2D eigenvalue weighted by atomic mass is 9.73. The Balaban J connectivity index is 1.32. The molecule has 1 spiro atoms. The van der Waals surface area contributed by atoms with E-state index in [1.807, 2.05) is 54.4 Å². The van der Waals surface area contributed by atoms with Crippen molar-refractivity contribution in [1.29, 1.82) is 0 Å². The fourth-order valence-corrected chi connectivity index (χ4v) is 5.05. The fourth-order valence-electron chi connectivity index (χ4n) is 5.05. The summed E-state index contributed by atoms with van der Waals surface area (Å²) >= 11 is 0. The minimum atomic E-state index is -0.474. The van der Waals surface area contributed by atoms with Crippen LogP contribution in [0.4, 0.5) is 5.69 Å². The Morgan fingerprint density at radius 1 is 1.07 bits per heavy atom. The number of piperidine rings is 1. The van der Waals surface area contributed by atoms with Gasteiger partial charge in [-0.3, -0.25) is 9.59 Å². The van der Waals surface area contributed by atoms with E-state index < -0.39 is 5.41 Å². The first-order chi connectivity index (χ1) is 13.6. The molecule has 3 aliphatic heterocycles. The first-order valence-corrected chi connectivity index (χ1v) is 9.97. The maximum absolute atomic E-state index is 13.1. The highest BCUT2D eigenvalue weighted by Crippen LogP contribution is 2.47. The van der Waals surface area contributed by atoms with Gasteiger partial charge in [-0.05, 0) is 42.5 Å². The van der Waals surface area contributed by atoms with Crippen LogP contribution in [0, 0.1) is 5.92 Å². The number of likely N-dealkylation sites (N-methyl/N-ethyl adjacent to an activating group) is 1. The first kappa shape index (κ1) is 17.3. The predicted molar refractivity (Wildman–Crippen MR) is 106 cm³/mol. The molecule has 2 aromatic rings. The topological polar surface area (TPSA) is 49.9 Å². The Labute approximate surface area is 164 Å². The molecule has 0 aromatic heterocycles. The first-order valence-electron chi connectivity index (χ1n) is 9.97. The molecule has 5 heteroatoms. The number of amides is 2. The normalized spacial score (nSPS) is 22.6. The van der Waals surface area contributed by atoms with Crippen molar-refractivity contribution in [2.24, 2.45) is 5.92 Å². The van der Waals surface area contributed by atoms with Crippen LogP contribution in [0.15, 0.2) is 48.5 Å². The van der Waals surface area contributed by atoms with Crippen LogP contribution in [-0.4, -0.2) is 43.5 Å². The molecule has 0 saturated carbocycles. The highest BCUT2D eigenvalue weighted by atomic mass is 16.5. The van der Waals surface area contributed by atoms with Gasteiger partial charge in [0.1, 0.15) is 12.4 Å². The summed E-state index contributed by atoms with van der Waals surface area (Å²) in [6.07, 6.45) is 2.09. The van der Waals surface area contributed by atoms with Crippen molar-refractivity contribution in [1.82, 2.24) is 4.90 Å². The van der Waals surface area contributed by atoms with E-state index in [1.54, 1.807) is 4.90 Å². The van der Waals surface area contributed by atoms with Gasteiger partial charge in [0.2, 0.25) is 11.8 Å². The van der Waals surface area contributed by atoms with Crippen molar-refractivity contribution >= 4 is 17.5 Å². The summed E-state index contributed by atoms with van der Waals surface area (Å²) in [6, 6.07) is 16.0. The molecule has 3 heterocycles. The molecule has 0 aliphatic carbocycles. The molecule has 2 aromatic carbocycles. The van der Waals surface area contributed by atoms with Crippen LogP contribution in [0.1, 0.15) is 24.0 Å². The van der Waals surface area contributed by atoms with Crippen LogP contribution >= 0.6 is 0 Å². The van der Waals surface area contributed by atoms with Gasteiger partial charge in [-0.1, -0.05) is 36.4 Å². The van der Waals surface area contributed by atoms with Gasteiger partial charge in [-0.15, -0.1) is 0 Å². The number of fused-ring (bicyclic) bond motifs is 3. The average Bonchev–Trinajstić information content (AvgIpc) is 2.96. The van der Waals surface area contributed by atoms with Gasteiger partial charge >= 0.3 is 0 Å². The smallest absolute Gasteiger partial charge is 0.237 e. The molecule has 0 bridgehead atoms. The highest BCUT2D eigenvalue weighted by molar-refractivity contribution is 6.08. The maximum Gasteiger partial charge on any atom is 0.237 e. The second-order valence-electron chi connectivity index (χ2n) is 8.11. The Kier molecular flexibility index (Phi) is 3.93. The number of carbonyl (C=O) groups excluding carboxylic acids is 2. The maximum atomic E-state index is 13.1. The largest absolute Gasteiger partial charge is 0.492 e.